The number of hydrogen-bond donors (Lipinski definition) is 1. The summed E-state index contributed by atoms with van der Waals surface area (Å²) in [5.74, 6) is 1.47. The maximum atomic E-state index is 6.38. The second-order valence-corrected chi connectivity index (χ2v) is 9.48. The van der Waals surface area contributed by atoms with Crippen LogP contribution in [0.2, 0.25) is 0 Å². The van der Waals surface area contributed by atoms with Crippen molar-refractivity contribution in [1.29, 1.82) is 0 Å². The Bertz CT molecular complexity index is 757. The van der Waals surface area contributed by atoms with Gasteiger partial charge < -0.3 is 14.8 Å². The molecule has 1 aliphatic carbocycles. The van der Waals surface area contributed by atoms with Crippen LogP contribution in [0.3, 0.4) is 0 Å². The molecule has 152 valence electrons. The number of rotatable bonds is 7. The lowest BCUT2D eigenvalue weighted by Crippen LogP contribution is -2.51. The number of hydrogen-bond acceptors (Lipinski definition) is 5. The van der Waals surface area contributed by atoms with E-state index in [4.69, 9.17) is 14.5 Å². The van der Waals surface area contributed by atoms with Crippen molar-refractivity contribution in [2.75, 3.05) is 20.3 Å². The van der Waals surface area contributed by atoms with Crippen LogP contribution in [0.4, 0.5) is 0 Å². The van der Waals surface area contributed by atoms with E-state index in [1.54, 1.807) is 18.4 Å². The fourth-order valence-electron chi connectivity index (χ4n) is 5.29. The average molecular weight is 401 g/mol. The lowest BCUT2D eigenvalue weighted by atomic mass is 9.63. The van der Waals surface area contributed by atoms with Gasteiger partial charge in [-0.05, 0) is 61.7 Å². The molecule has 1 N–H and O–H groups in total. The van der Waals surface area contributed by atoms with E-state index in [0.29, 0.717) is 5.92 Å². The van der Waals surface area contributed by atoms with Gasteiger partial charge in [0.05, 0.1) is 17.6 Å². The van der Waals surface area contributed by atoms with Crippen LogP contribution in [0.15, 0.2) is 35.8 Å². The average Bonchev–Trinajstić information content (AvgIpc) is 3.38. The fourth-order valence-corrected chi connectivity index (χ4v) is 6.10. The van der Waals surface area contributed by atoms with Crippen LogP contribution < -0.4 is 10.1 Å². The molecule has 28 heavy (non-hydrogen) atoms. The zero-order valence-electron chi connectivity index (χ0n) is 17.1. The predicted octanol–water partition coefficient (Wildman–Crippen LogP) is 4.94. The van der Waals surface area contributed by atoms with Gasteiger partial charge in [0, 0.05) is 30.5 Å². The maximum absolute atomic E-state index is 6.38. The Kier molecular flexibility index (Phi) is 6.04. The molecule has 2 unspecified atom stereocenters. The van der Waals surface area contributed by atoms with E-state index >= 15 is 0 Å². The van der Waals surface area contributed by atoms with E-state index in [1.807, 2.05) is 18.3 Å². The van der Waals surface area contributed by atoms with Gasteiger partial charge in [-0.1, -0.05) is 25.8 Å². The summed E-state index contributed by atoms with van der Waals surface area (Å²) in [5, 5.41) is 5.79. The number of thiophene rings is 1. The van der Waals surface area contributed by atoms with Crippen molar-refractivity contribution in [1.82, 2.24) is 10.3 Å². The second-order valence-electron chi connectivity index (χ2n) is 8.48. The highest BCUT2D eigenvalue weighted by Gasteiger charge is 2.50. The topological polar surface area (TPSA) is 43.4 Å². The summed E-state index contributed by atoms with van der Waals surface area (Å²) in [4.78, 5) is 6.10. The highest BCUT2D eigenvalue weighted by Crippen LogP contribution is 2.51. The molecular formula is C23H32N2O2S. The van der Waals surface area contributed by atoms with Crippen LogP contribution in [-0.4, -0.2) is 30.8 Å². The third-order valence-electron chi connectivity index (χ3n) is 6.89. The zero-order chi connectivity index (χ0) is 19.5. The SMILES string of the molecule is COc1ccsc1CNCC(C)C1(c2ccccn2)CCOC2(CCCC2)C1. The van der Waals surface area contributed by atoms with Crippen LogP contribution in [0, 0.1) is 5.92 Å². The van der Waals surface area contributed by atoms with Gasteiger partial charge in [-0.2, -0.15) is 0 Å². The molecule has 1 spiro atoms. The molecule has 1 aliphatic heterocycles. The summed E-state index contributed by atoms with van der Waals surface area (Å²) >= 11 is 1.75. The molecule has 4 nitrogen and oxygen atoms in total. The monoisotopic (exact) mass is 400 g/mol. The van der Waals surface area contributed by atoms with Crippen molar-refractivity contribution >= 4 is 11.3 Å². The van der Waals surface area contributed by atoms with Gasteiger partial charge in [-0.25, -0.2) is 0 Å². The molecule has 2 aliphatic rings. The predicted molar refractivity (Wildman–Crippen MR) is 114 cm³/mol. The van der Waals surface area contributed by atoms with Gasteiger partial charge in [-0.15, -0.1) is 11.3 Å². The minimum absolute atomic E-state index is 0.0704. The third-order valence-corrected chi connectivity index (χ3v) is 7.79. The highest BCUT2D eigenvalue weighted by atomic mass is 32.1. The molecule has 2 fully saturated rings. The van der Waals surface area contributed by atoms with Crippen molar-refractivity contribution in [2.24, 2.45) is 5.92 Å². The molecule has 5 heteroatoms. The third kappa shape index (κ3) is 3.85. The number of ether oxygens (including phenoxy) is 2. The van der Waals surface area contributed by atoms with E-state index in [2.05, 4.69) is 29.8 Å². The molecule has 1 saturated heterocycles. The van der Waals surface area contributed by atoms with Crippen LogP contribution >= 0.6 is 11.3 Å². The number of aromatic nitrogens is 1. The van der Waals surface area contributed by atoms with Gasteiger partial charge in [0.15, 0.2) is 0 Å². The second kappa shape index (κ2) is 8.52. The van der Waals surface area contributed by atoms with E-state index in [1.165, 1.54) is 36.3 Å². The molecule has 0 amide bonds. The summed E-state index contributed by atoms with van der Waals surface area (Å²) < 4.78 is 11.8. The Hall–Kier alpha value is -1.43. The molecule has 3 heterocycles. The Balaban J connectivity index is 1.52. The van der Waals surface area contributed by atoms with E-state index in [-0.39, 0.29) is 11.0 Å². The minimum Gasteiger partial charge on any atom is -0.496 e. The normalized spacial score (nSPS) is 25.1. The summed E-state index contributed by atoms with van der Waals surface area (Å²) in [6.07, 6.45) is 9.10. The van der Waals surface area contributed by atoms with Crippen LogP contribution in [0.1, 0.15) is 56.0 Å². The molecule has 2 aromatic rings. The Morgan fingerprint density at radius 2 is 2.11 bits per heavy atom. The van der Waals surface area contributed by atoms with Gasteiger partial charge in [0.25, 0.3) is 0 Å². The van der Waals surface area contributed by atoms with Crippen molar-refractivity contribution in [3.63, 3.8) is 0 Å². The van der Waals surface area contributed by atoms with Crippen molar-refractivity contribution in [2.45, 2.75) is 63.0 Å². The number of nitrogens with one attached hydrogen (secondary N) is 1. The van der Waals surface area contributed by atoms with Gasteiger partial charge >= 0.3 is 0 Å². The number of nitrogens with zero attached hydrogens (tertiary/aromatic N) is 1. The standard InChI is InChI=1S/C23H32N2O2S/c1-18(15-24-16-20-19(26-2)8-14-28-20)23(21-7-3-6-12-25-21)11-13-27-22(17-23)9-4-5-10-22/h3,6-8,12,14,18,24H,4-5,9-11,13,15-17H2,1-2H3. The Labute approximate surface area is 172 Å². The summed E-state index contributed by atoms with van der Waals surface area (Å²) in [6.45, 7) is 5.06. The summed E-state index contributed by atoms with van der Waals surface area (Å²) in [6, 6.07) is 8.43. The Morgan fingerprint density at radius 3 is 2.86 bits per heavy atom. The fraction of sp³-hybridized carbons (Fsp3) is 0.609. The largest absolute Gasteiger partial charge is 0.496 e. The zero-order valence-corrected chi connectivity index (χ0v) is 17.9. The first kappa shape index (κ1) is 19.9. The van der Waals surface area contributed by atoms with Crippen LogP contribution in [0.5, 0.6) is 5.75 Å². The van der Waals surface area contributed by atoms with Gasteiger partial charge in [0.1, 0.15) is 5.75 Å². The molecule has 0 radical (unpaired) electrons. The molecule has 2 aromatic heterocycles. The molecule has 0 aromatic carbocycles. The van der Waals surface area contributed by atoms with Crippen LogP contribution in [0.25, 0.3) is 0 Å². The van der Waals surface area contributed by atoms with E-state index < -0.39 is 0 Å². The Morgan fingerprint density at radius 1 is 1.25 bits per heavy atom. The van der Waals surface area contributed by atoms with Gasteiger partial charge in [0.2, 0.25) is 0 Å². The van der Waals surface area contributed by atoms with Gasteiger partial charge in [-0.3, -0.25) is 4.98 Å². The van der Waals surface area contributed by atoms with Crippen molar-refractivity contribution in [3.8, 4) is 5.75 Å². The first-order chi connectivity index (χ1) is 13.7. The molecule has 0 bridgehead atoms. The molecule has 1 saturated carbocycles. The van der Waals surface area contributed by atoms with Crippen molar-refractivity contribution in [3.05, 3.63) is 46.4 Å². The lowest BCUT2D eigenvalue weighted by Gasteiger charge is -2.49. The minimum atomic E-state index is 0.0704. The maximum Gasteiger partial charge on any atom is 0.134 e. The number of methoxy groups -OCH3 is 1. The lowest BCUT2D eigenvalue weighted by molar-refractivity contribution is -0.113. The first-order valence-corrected chi connectivity index (χ1v) is 11.4. The van der Waals surface area contributed by atoms with E-state index in [9.17, 15) is 0 Å². The smallest absolute Gasteiger partial charge is 0.134 e. The van der Waals surface area contributed by atoms with E-state index in [0.717, 1.165) is 38.3 Å². The van der Waals surface area contributed by atoms with Crippen molar-refractivity contribution < 1.29 is 9.47 Å². The van der Waals surface area contributed by atoms with Crippen LogP contribution in [-0.2, 0) is 16.7 Å². The molecule has 4 rings (SSSR count). The summed E-state index contributed by atoms with van der Waals surface area (Å²) in [5.41, 5.74) is 1.39. The first-order valence-electron chi connectivity index (χ1n) is 10.5. The highest BCUT2D eigenvalue weighted by molar-refractivity contribution is 7.10. The number of pyridine rings is 1. The quantitative estimate of drug-likeness (QED) is 0.715. The molecule has 2 atom stereocenters. The molecular weight excluding hydrogens is 368 g/mol. The summed E-state index contributed by atoms with van der Waals surface area (Å²) in [7, 11) is 1.74.